The molecular weight excluding hydrogens is 336 g/mol. The number of carbonyl (C=O) groups is 1. The van der Waals surface area contributed by atoms with E-state index in [1.807, 2.05) is 23.6 Å². The molecule has 2 aromatic rings. The predicted octanol–water partition coefficient (Wildman–Crippen LogP) is -0.568. The Balaban J connectivity index is 1.52. The lowest BCUT2D eigenvalue weighted by molar-refractivity contribution is -1.000. The molecule has 2 N–H and O–H groups in total. The second-order valence-corrected chi connectivity index (χ2v) is 7.83. The van der Waals surface area contributed by atoms with E-state index in [1.54, 1.807) is 27.5 Å². The van der Waals surface area contributed by atoms with Crippen LogP contribution >= 0.6 is 11.3 Å². The molecule has 6 nitrogen and oxygen atoms in total. The molecular formula is C18H24N4O2S+2. The third-order valence-electron chi connectivity index (χ3n) is 5.05. The smallest absolute Gasteiger partial charge is 0.298 e. The first kappa shape index (κ1) is 16.5. The number of carbonyl (C=O) groups excluding carboxylic acids is 1. The summed E-state index contributed by atoms with van der Waals surface area (Å²) < 4.78 is 5.59. The van der Waals surface area contributed by atoms with Gasteiger partial charge in [-0.15, -0.1) is 11.3 Å². The van der Waals surface area contributed by atoms with Crippen LogP contribution in [0.3, 0.4) is 0 Å². The van der Waals surface area contributed by atoms with Crippen LogP contribution < -0.4 is 9.80 Å². The summed E-state index contributed by atoms with van der Waals surface area (Å²) in [6.45, 7) is 4.82. The van der Waals surface area contributed by atoms with E-state index < -0.39 is 0 Å². The number of piperazine rings is 1. The van der Waals surface area contributed by atoms with Gasteiger partial charge in [0, 0.05) is 6.42 Å². The van der Waals surface area contributed by atoms with Crippen molar-refractivity contribution in [2.24, 2.45) is 5.10 Å². The van der Waals surface area contributed by atoms with Gasteiger partial charge in [-0.25, -0.2) is 5.01 Å². The summed E-state index contributed by atoms with van der Waals surface area (Å²) in [4.78, 5) is 17.0. The zero-order chi connectivity index (χ0) is 17.2. The number of amides is 1. The summed E-state index contributed by atoms with van der Waals surface area (Å²) in [6, 6.07) is 7.76. The van der Waals surface area contributed by atoms with Crippen LogP contribution in [0.1, 0.15) is 23.1 Å². The third-order valence-corrected chi connectivity index (χ3v) is 5.97. The van der Waals surface area contributed by atoms with E-state index in [0.717, 1.165) is 42.5 Å². The Hall–Kier alpha value is -1.96. The summed E-state index contributed by atoms with van der Waals surface area (Å²) in [6.07, 6.45) is 2.37. The fourth-order valence-corrected chi connectivity index (χ4v) is 4.26. The van der Waals surface area contributed by atoms with Crippen molar-refractivity contribution in [2.45, 2.75) is 12.5 Å². The highest BCUT2D eigenvalue weighted by Gasteiger charge is 2.37. The average molecular weight is 360 g/mol. The molecule has 1 atom stereocenters. The van der Waals surface area contributed by atoms with Crippen LogP contribution in [0.15, 0.2) is 45.4 Å². The second kappa shape index (κ2) is 7.11. The molecule has 0 aromatic carbocycles. The number of nitrogens with one attached hydrogen (secondary N) is 2. The molecule has 0 spiro atoms. The van der Waals surface area contributed by atoms with Crippen LogP contribution in [0.2, 0.25) is 0 Å². The fraction of sp³-hybridized carbons (Fsp3) is 0.444. The fourth-order valence-electron chi connectivity index (χ4n) is 3.54. The van der Waals surface area contributed by atoms with Gasteiger partial charge >= 0.3 is 0 Å². The molecule has 25 heavy (non-hydrogen) atoms. The SMILES string of the molecule is C[NH+]1CC[NH+](CC(=O)N2N=C(c3cccs3)C[C@H]2c2ccco2)CC1. The summed E-state index contributed by atoms with van der Waals surface area (Å²) in [5, 5.41) is 8.38. The number of hydrogen-bond donors (Lipinski definition) is 2. The molecule has 0 saturated carbocycles. The van der Waals surface area contributed by atoms with Crippen molar-refractivity contribution < 1.29 is 19.0 Å². The highest BCUT2D eigenvalue weighted by atomic mass is 32.1. The van der Waals surface area contributed by atoms with Crippen LogP contribution in [-0.2, 0) is 4.79 Å². The maximum Gasteiger partial charge on any atom is 0.298 e. The minimum Gasteiger partial charge on any atom is -0.467 e. The van der Waals surface area contributed by atoms with Crippen molar-refractivity contribution in [3.8, 4) is 0 Å². The van der Waals surface area contributed by atoms with Gasteiger partial charge in [-0.2, -0.15) is 5.10 Å². The van der Waals surface area contributed by atoms with Gasteiger partial charge in [0.25, 0.3) is 5.91 Å². The largest absolute Gasteiger partial charge is 0.467 e. The first-order valence-corrected chi connectivity index (χ1v) is 9.70. The predicted molar refractivity (Wildman–Crippen MR) is 96.0 cm³/mol. The molecule has 7 heteroatoms. The Morgan fingerprint density at radius 2 is 2.16 bits per heavy atom. The van der Waals surface area contributed by atoms with Crippen molar-refractivity contribution in [1.29, 1.82) is 0 Å². The lowest BCUT2D eigenvalue weighted by Crippen LogP contribution is -3.27. The average Bonchev–Trinajstić information content (AvgIpc) is 3.36. The number of hydrazone groups is 1. The van der Waals surface area contributed by atoms with Gasteiger partial charge < -0.3 is 14.2 Å². The van der Waals surface area contributed by atoms with Crippen LogP contribution in [-0.4, -0.2) is 56.4 Å². The Morgan fingerprint density at radius 3 is 2.84 bits per heavy atom. The third kappa shape index (κ3) is 3.53. The molecule has 1 fully saturated rings. The Bertz CT molecular complexity index is 733. The molecule has 2 aliphatic rings. The van der Waals surface area contributed by atoms with Gasteiger partial charge in [0.15, 0.2) is 6.54 Å². The zero-order valence-corrected chi connectivity index (χ0v) is 15.2. The highest BCUT2D eigenvalue weighted by molar-refractivity contribution is 7.12. The molecule has 0 radical (unpaired) electrons. The first-order valence-electron chi connectivity index (χ1n) is 8.82. The van der Waals surface area contributed by atoms with Crippen molar-refractivity contribution in [3.63, 3.8) is 0 Å². The number of likely N-dealkylation sites (N-methyl/N-ethyl adjacent to an activating group) is 1. The number of hydrogen-bond acceptors (Lipinski definition) is 4. The topological polar surface area (TPSA) is 54.7 Å². The molecule has 1 saturated heterocycles. The molecule has 2 aliphatic heterocycles. The first-order chi connectivity index (χ1) is 12.2. The Kier molecular flexibility index (Phi) is 4.70. The second-order valence-electron chi connectivity index (χ2n) is 6.88. The molecule has 4 rings (SSSR count). The Morgan fingerprint density at radius 1 is 1.32 bits per heavy atom. The summed E-state index contributed by atoms with van der Waals surface area (Å²) >= 11 is 1.66. The van der Waals surface area contributed by atoms with Gasteiger partial charge in [-0.3, -0.25) is 4.79 Å². The quantitative estimate of drug-likeness (QED) is 0.768. The maximum atomic E-state index is 13.0. The molecule has 4 heterocycles. The van der Waals surface area contributed by atoms with E-state index in [0.29, 0.717) is 13.0 Å². The summed E-state index contributed by atoms with van der Waals surface area (Å²) in [5.74, 6) is 0.893. The minimum atomic E-state index is -0.128. The van der Waals surface area contributed by atoms with Gasteiger partial charge in [0.2, 0.25) is 0 Å². The van der Waals surface area contributed by atoms with E-state index in [1.165, 1.54) is 4.90 Å². The molecule has 0 bridgehead atoms. The van der Waals surface area contributed by atoms with Crippen LogP contribution in [0.5, 0.6) is 0 Å². The number of thiophene rings is 1. The van der Waals surface area contributed by atoms with Crippen LogP contribution in [0.4, 0.5) is 0 Å². The van der Waals surface area contributed by atoms with E-state index in [9.17, 15) is 4.79 Å². The molecule has 132 valence electrons. The van der Waals surface area contributed by atoms with E-state index in [-0.39, 0.29) is 11.9 Å². The molecule has 2 aromatic heterocycles. The maximum absolute atomic E-state index is 13.0. The standard InChI is InChI=1S/C18H22N4O2S/c1-20-6-8-21(9-7-20)13-18(23)22-15(16-4-2-10-24-16)12-14(19-22)17-5-3-11-25-17/h2-5,10-11,15H,6-9,12-13H2,1H3/p+2/t15-/m0/s1. The number of quaternary nitrogens is 2. The monoisotopic (exact) mass is 360 g/mol. The number of furan rings is 1. The van der Waals surface area contributed by atoms with Crippen molar-refractivity contribution in [2.75, 3.05) is 39.8 Å². The van der Waals surface area contributed by atoms with Gasteiger partial charge in [0.1, 0.15) is 38.0 Å². The number of nitrogens with zero attached hydrogens (tertiary/aromatic N) is 2. The van der Waals surface area contributed by atoms with Gasteiger partial charge in [-0.05, 0) is 23.6 Å². The number of rotatable bonds is 4. The summed E-state index contributed by atoms with van der Waals surface area (Å²) in [7, 11) is 2.21. The molecule has 0 unspecified atom stereocenters. The normalized spacial score (nSPS) is 26.7. The Labute approximate surface area is 151 Å². The van der Waals surface area contributed by atoms with Crippen LogP contribution in [0, 0.1) is 0 Å². The summed E-state index contributed by atoms with van der Waals surface area (Å²) in [5.41, 5.74) is 0.975. The van der Waals surface area contributed by atoms with Crippen molar-refractivity contribution in [1.82, 2.24) is 5.01 Å². The molecule has 0 aliphatic carbocycles. The molecule has 1 amide bonds. The van der Waals surface area contributed by atoms with E-state index in [2.05, 4.69) is 18.2 Å². The van der Waals surface area contributed by atoms with Crippen molar-refractivity contribution >= 4 is 23.0 Å². The lowest BCUT2D eigenvalue weighted by atomic mass is 10.1. The highest BCUT2D eigenvalue weighted by Crippen LogP contribution is 2.33. The van der Waals surface area contributed by atoms with Gasteiger partial charge in [0.05, 0.1) is 23.9 Å². The minimum absolute atomic E-state index is 0.0857. The van der Waals surface area contributed by atoms with E-state index >= 15 is 0 Å². The van der Waals surface area contributed by atoms with Crippen molar-refractivity contribution in [3.05, 3.63) is 46.5 Å². The van der Waals surface area contributed by atoms with Crippen LogP contribution in [0.25, 0.3) is 0 Å². The lowest BCUT2D eigenvalue weighted by Gasteiger charge is -2.28. The zero-order valence-electron chi connectivity index (χ0n) is 14.4. The van der Waals surface area contributed by atoms with Gasteiger partial charge in [-0.1, -0.05) is 6.07 Å². The van der Waals surface area contributed by atoms with E-state index in [4.69, 9.17) is 4.42 Å².